The van der Waals surface area contributed by atoms with Crippen molar-refractivity contribution in [3.05, 3.63) is 71.2 Å². The van der Waals surface area contributed by atoms with Crippen molar-refractivity contribution < 1.29 is 18.9 Å². The molecule has 37 heavy (non-hydrogen) atoms. The van der Waals surface area contributed by atoms with E-state index in [2.05, 4.69) is 63.8 Å². The summed E-state index contributed by atoms with van der Waals surface area (Å²) in [5, 5.41) is 4.04. The minimum atomic E-state index is -0.156. The molecule has 7 nitrogen and oxygen atoms in total. The van der Waals surface area contributed by atoms with Gasteiger partial charge in [0.15, 0.2) is 6.10 Å². The second-order valence-electron chi connectivity index (χ2n) is 9.81. The Balaban J connectivity index is 1.09. The highest BCUT2D eigenvalue weighted by Crippen LogP contribution is 2.35. The third kappa shape index (κ3) is 4.51. The van der Waals surface area contributed by atoms with E-state index in [0.29, 0.717) is 24.2 Å². The van der Waals surface area contributed by atoms with Gasteiger partial charge < -0.3 is 29.2 Å². The van der Waals surface area contributed by atoms with E-state index < -0.39 is 0 Å². The van der Waals surface area contributed by atoms with E-state index in [1.807, 2.05) is 12.1 Å². The van der Waals surface area contributed by atoms with Gasteiger partial charge in [0.25, 0.3) is 6.01 Å². The van der Waals surface area contributed by atoms with Gasteiger partial charge in [-0.15, -0.1) is 0 Å². The predicted octanol–water partition coefficient (Wildman–Crippen LogP) is 5.15. The number of fused-ring (bicyclic) bond motifs is 2. The number of hydrogen-bond donors (Lipinski definition) is 2. The van der Waals surface area contributed by atoms with Crippen molar-refractivity contribution in [3.63, 3.8) is 0 Å². The van der Waals surface area contributed by atoms with Crippen LogP contribution < -0.4 is 10.1 Å². The maximum Gasteiger partial charge on any atom is 0.295 e. The van der Waals surface area contributed by atoms with Crippen molar-refractivity contribution in [1.29, 1.82) is 0 Å². The van der Waals surface area contributed by atoms with Gasteiger partial charge in [0, 0.05) is 25.3 Å². The van der Waals surface area contributed by atoms with Crippen LogP contribution in [0, 0.1) is 0 Å². The zero-order valence-corrected chi connectivity index (χ0v) is 21.0. The van der Waals surface area contributed by atoms with E-state index in [9.17, 15) is 0 Å². The molecule has 0 saturated carbocycles. The summed E-state index contributed by atoms with van der Waals surface area (Å²) in [6, 6.07) is 21.4. The van der Waals surface area contributed by atoms with E-state index in [0.717, 1.165) is 53.8 Å². The fraction of sp³-hybridized carbons (Fsp3) is 0.345. The van der Waals surface area contributed by atoms with Crippen LogP contribution in [0.2, 0.25) is 5.02 Å². The number of morpholine rings is 1. The molecule has 0 radical (unpaired) electrons. The summed E-state index contributed by atoms with van der Waals surface area (Å²) in [6.07, 6.45) is 0.978. The molecule has 0 aliphatic carbocycles. The monoisotopic (exact) mass is 517 g/mol. The summed E-state index contributed by atoms with van der Waals surface area (Å²) in [7, 11) is 0. The highest BCUT2D eigenvalue weighted by atomic mass is 35.5. The van der Waals surface area contributed by atoms with Crippen LogP contribution in [-0.2, 0) is 14.2 Å². The Morgan fingerprint density at radius 3 is 2.46 bits per heavy atom. The number of halogens is 1. The number of H-pyrrole nitrogens is 1. The Morgan fingerprint density at radius 2 is 1.68 bits per heavy atom. The fourth-order valence-electron chi connectivity index (χ4n) is 5.47. The average Bonchev–Trinajstić information content (AvgIpc) is 3.66. The van der Waals surface area contributed by atoms with Crippen molar-refractivity contribution in [1.82, 2.24) is 15.3 Å². The van der Waals surface area contributed by atoms with E-state index in [4.69, 9.17) is 30.5 Å². The van der Waals surface area contributed by atoms with Crippen molar-refractivity contribution >= 4 is 22.6 Å². The lowest BCUT2D eigenvalue weighted by Crippen LogP contribution is -2.33. The van der Waals surface area contributed by atoms with Crippen LogP contribution in [0.5, 0.6) is 6.01 Å². The van der Waals surface area contributed by atoms with Crippen molar-refractivity contribution in [2.75, 3.05) is 32.9 Å². The van der Waals surface area contributed by atoms with Gasteiger partial charge in [-0.1, -0.05) is 60.1 Å². The maximum atomic E-state index is 6.69. The summed E-state index contributed by atoms with van der Waals surface area (Å²) >= 11 is 6.69. The summed E-state index contributed by atoms with van der Waals surface area (Å²) in [6.45, 7) is 3.75. The van der Waals surface area contributed by atoms with Crippen molar-refractivity contribution in [2.45, 2.75) is 30.8 Å². The number of aromatic amines is 1. The summed E-state index contributed by atoms with van der Waals surface area (Å²) in [5.74, 6) is 0. The van der Waals surface area contributed by atoms with E-state index >= 15 is 0 Å². The molecule has 2 unspecified atom stereocenters. The molecular formula is C29H28ClN3O4. The Bertz CT molecular complexity index is 1400. The molecule has 3 fully saturated rings. The molecule has 0 spiro atoms. The second kappa shape index (κ2) is 9.74. The molecule has 2 N–H and O–H groups in total. The molecule has 4 heterocycles. The van der Waals surface area contributed by atoms with Gasteiger partial charge in [0.1, 0.15) is 6.10 Å². The van der Waals surface area contributed by atoms with Gasteiger partial charge in [-0.2, -0.15) is 4.98 Å². The minimum Gasteiger partial charge on any atom is -0.456 e. The normalized spacial score (nSPS) is 25.4. The van der Waals surface area contributed by atoms with Crippen LogP contribution in [0.1, 0.15) is 18.1 Å². The first kappa shape index (κ1) is 23.2. The standard InChI is InChI=1S/C29H28ClN3O4/c30-22-14-24-23(32-29(33-24)37-27-16-36-25-9-11-35-28(25)27)13-21(22)19-5-1-17(2-6-19)18-3-7-20(8-4-18)26-15-31-10-12-34-26/h1-8,13-14,25-28,31H,9-12,15-16H2,(H,32,33)/t25-,26?,27?,28+/m1/s1. The lowest BCUT2D eigenvalue weighted by Gasteiger charge is -2.24. The second-order valence-corrected chi connectivity index (χ2v) is 10.2. The highest BCUT2D eigenvalue weighted by molar-refractivity contribution is 6.34. The average molecular weight is 518 g/mol. The quantitative estimate of drug-likeness (QED) is 0.381. The Labute approximate surface area is 220 Å². The molecule has 190 valence electrons. The van der Waals surface area contributed by atoms with Crippen LogP contribution in [0.25, 0.3) is 33.3 Å². The van der Waals surface area contributed by atoms with Crippen molar-refractivity contribution in [2.24, 2.45) is 0 Å². The Kier molecular flexibility index (Phi) is 6.11. The minimum absolute atomic E-state index is 0.0281. The Hall–Kier alpha value is -2.94. The molecule has 4 atom stereocenters. The molecule has 3 aliphatic heterocycles. The van der Waals surface area contributed by atoms with Gasteiger partial charge in [-0.25, -0.2) is 0 Å². The fourth-order valence-corrected chi connectivity index (χ4v) is 5.74. The summed E-state index contributed by atoms with van der Waals surface area (Å²) in [5.41, 5.74) is 7.11. The van der Waals surface area contributed by atoms with Gasteiger partial charge in [-0.3, -0.25) is 0 Å². The largest absolute Gasteiger partial charge is 0.456 e. The first-order valence-electron chi connectivity index (χ1n) is 12.8. The molecular weight excluding hydrogens is 490 g/mol. The Morgan fingerprint density at radius 1 is 0.892 bits per heavy atom. The predicted molar refractivity (Wildman–Crippen MR) is 142 cm³/mol. The molecule has 8 heteroatoms. The molecule has 3 aromatic carbocycles. The van der Waals surface area contributed by atoms with Gasteiger partial charge in [0.05, 0.1) is 41.5 Å². The lowest BCUT2D eigenvalue weighted by molar-refractivity contribution is 0.0273. The first-order valence-corrected chi connectivity index (χ1v) is 13.2. The molecule has 3 saturated heterocycles. The number of nitrogens with zero attached hydrogens (tertiary/aromatic N) is 1. The van der Waals surface area contributed by atoms with E-state index in [1.54, 1.807) is 0 Å². The topological polar surface area (TPSA) is 77.6 Å². The van der Waals surface area contributed by atoms with Gasteiger partial charge in [0.2, 0.25) is 0 Å². The smallest absolute Gasteiger partial charge is 0.295 e. The van der Waals surface area contributed by atoms with Crippen LogP contribution in [0.4, 0.5) is 0 Å². The molecule has 7 rings (SSSR count). The van der Waals surface area contributed by atoms with Crippen molar-refractivity contribution in [3.8, 4) is 28.3 Å². The SMILES string of the molecule is Clc1cc2[nH]c(OC3CO[C@@H]4CCO[C@H]34)nc2cc1-c1ccc(-c2ccc(C3CNCCO3)cc2)cc1. The van der Waals surface area contributed by atoms with E-state index in [1.165, 1.54) is 11.1 Å². The van der Waals surface area contributed by atoms with E-state index in [-0.39, 0.29) is 24.4 Å². The zero-order valence-electron chi connectivity index (χ0n) is 20.3. The molecule has 3 aliphatic rings. The molecule has 4 aromatic rings. The zero-order chi connectivity index (χ0) is 24.8. The molecule has 1 aromatic heterocycles. The number of benzene rings is 3. The number of nitrogens with one attached hydrogen (secondary N) is 2. The van der Waals surface area contributed by atoms with Crippen LogP contribution >= 0.6 is 11.6 Å². The summed E-state index contributed by atoms with van der Waals surface area (Å²) in [4.78, 5) is 7.91. The van der Waals surface area contributed by atoms with Gasteiger partial charge in [-0.05, 0) is 40.8 Å². The number of ether oxygens (including phenoxy) is 4. The van der Waals surface area contributed by atoms with Crippen LogP contribution in [-0.4, -0.2) is 61.2 Å². The first-order chi connectivity index (χ1) is 18.2. The molecule has 0 bridgehead atoms. The lowest BCUT2D eigenvalue weighted by atomic mass is 9.98. The van der Waals surface area contributed by atoms with Crippen LogP contribution in [0.3, 0.4) is 0 Å². The molecule has 0 amide bonds. The maximum absolute atomic E-state index is 6.69. The third-order valence-corrected chi connectivity index (χ3v) is 7.78. The third-order valence-electron chi connectivity index (χ3n) is 7.47. The highest BCUT2D eigenvalue weighted by Gasteiger charge is 2.43. The number of aromatic nitrogens is 2. The van der Waals surface area contributed by atoms with Crippen LogP contribution in [0.15, 0.2) is 60.7 Å². The number of hydrogen-bond acceptors (Lipinski definition) is 6. The number of imidazole rings is 1. The van der Waals surface area contributed by atoms with Gasteiger partial charge >= 0.3 is 0 Å². The summed E-state index contributed by atoms with van der Waals surface area (Å²) < 4.78 is 23.5. The number of rotatable bonds is 5.